The van der Waals surface area contributed by atoms with Crippen molar-refractivity contribution in [2.45, 2.75) is 110 Å². The zero-order valence-corrected chi connectivity index (χ0v) is 26.8. The van der Waals surface area contributed by atoms with E-state index in [4.69, 9.17) is 4.74 Å². The number of unbranched alkanes of at least 4 members (excludes halogenated alkanes) is 1. The van der Waals surface area contributed by atoms with E-state index < -0.39 is 23.5 Å². The maximum absolute atomic E-state index is 12.5. The highest BCUT2D eigenvalue weighted by Crippen LogP contribution is 2.11. The number of hydrogen-bond acceptors (Lipinski definition) is 5. The second-order valence-electron chi connectivity index (χ2n) is 10.9. The molecule has 1 atom stereocenters. The lowest BCUT2D eigenvalue weighted by atomic mass is 10.1. The van der Waals surface area contributed by atoms with E-state index in [9.17, 15) is 19.2 Å². The Hall–Kier alpha value is -3.74. The molecule has 2 N–H and O–H groups in total. The molecule has 0 aromatic carbocycles. The molecule has 7 nitrogen and oxygen atoms in total. The lowest BCUT2D eigenvalue weighted by Gasteiger charge is -2.24. The van der Waals surface area contributed by atoms with E-state index >= 15 is 0 Å². The molecule has 0 bridgehead atoms. The maximum Gasteiger partial charge on any atom is 0.329 e. The fourth-order valence-electron chi connectivity index (χ4n) is 3.61. The van der Waals surface area contributed by atoms with E-state index in [1.54, 1.807) is 20.8 Å². The molecule has 0 aromatic rings. The predicted octanol–water partition coefficient (Wildman–Crippen LogP) is 7.33. The molecule has 0 aliphatic rings. The standard InChI is InChI=1S/C36H54N2O5/c1-5-6-7-8-9-10-11-12-13-14-15-16-17-18-19-20-21-22-23-28-33(40)37-30-25-24-27-32(35(42)43-36(2,3)4)38-34(41)29-26-31-39/h6-7,9-10,12-13,15-16,18-19,21-22,26,29,31-32H,5,8,11,14,17,20,23-25,27-28,30H2,1-4H3,(H,37,40)(H,38,41)/b7-6-,10-9-,13-12-,16-15-,19-18-,22-21-,29-26+/t32-/m0/s1. The monoisotopic (exact) mass is 594 g/mol. The van der Waals surface area contributed by atoms with Crippen molar-refractivity contribution >= 4 is 24.1 Å². The van der Waals surface area contributed by atoms with Gasteiger partial charge in [-0.25, -0.2) is 4.79 Å². The van der Waals surface area contributed by atoms with Crippen LogP contribution < -0.4 is 10.6 Å². The van der Waals surface area contributed by atoms with Crippen LogP contribution in [-0.4, -0.2) is 42.3 Å². The third-order valence-electron chi connectivity index (χ3n) is 5.71. The van der Waals surface area contributed by atoms with Gasteiger partial charge in [0.1, 0.15) is 17.9 Å². The van der Waals surface area contributed by atoms with Gasteiger partial charge in [0.2, 0.25) is 11.8 Å². The molecule has 0 spiro atoms. The second-order valence-corrected chi connectivity index (χ2v) is 10.9. The van der Waals surface area contributed by atoms with Gasteiger partial charge in [0.05, 0.1) is 0 Å². The van der Waals surface area contributed by atoms with Gasteiger partial charge < -0.3 is 15.4 Å². The van der Waals surface area contributed by atoms with Gasteiger partial charge in [0.15, 0.2) is 0 Å². The average Bonchev–Trinajstić information content (AvgIpc) is 2.95. The smallest absolute Gasteiger partial charge is 0.329 e. The molecule has 0 saturated carbocycles. The van der Waals surface area contributed by atoms with Crippen LogP contribution in [0.4, 0.5) is 0 Å². The SMILES string of the molecule is CC/C=C\C/C=C\C/C=C\C/C=C\C/C=C\C/C=C\CCC(=O)NCCCC[C@H](NC(=O)/C=C/C=O)C(=O)OC(C)(C)C. The lowest BCUT2D eigenvalue weighted by Crippen LogP contribution is -2.43. The third kappa shape index (κ3) is 28.2. The van der Waals surface area contributed by atoms with Gasteiger partial charge >= 0.3 is 5.97 Å². The Balaban J connectivity index is 4.04. The summed E-state index contributed by atoms with van der Waals surface area (Å²) in [5.74, 6) is -1.08. The number of aldehydes is 1. The summed E-state index contributed by atoms with van der Waals surface area (Å²) in [7, 11) is 0. The van der Waals surface area contributed by atoms with Crippen LogP contribution in [0, 0.1) is 0 Å². The summed E-state index contributed by atoms with van der Waals surface area (Å²) in [6, 6.07) is -0.827. The van der Waals surface area contributed by atoms with Crippen molar-refractivity contribution in [1.29, 1.82) is 0 Å². The van der Waals surface area contributed by atoms with Gasteiger partial charge in [-0.2, -0.15) is 0 Å². The van der Waals surface area contributed by atoms with Crippen LogP contribution in [0.2, 0.25) is 0 Å². The van der Waals surface area contributed by atoms with Crippen LogP contribution in [0.1, 0.15) is 98.3 Å². The molecule has 0 saturated heterocycles. The predicted molar refractivity (Wildman–Crippen MR) is 177 cm³/mol. The summed E-state index contributed by atoms with van der Waals surface area (Å²) in [4.78, 5) is 46.9. The van der Waals surface area contributed by atoms with Crippen LogP contribution in [0.15, 0.2) is 85.1 Å². The molecule has 0 unspecified atom stereocenters. The third-order valence-corrected chi connectivity index (χ3v) is 5.71. The number of allylic oxidation sites excluding steroid dienone is 13. The molecule has 43 heavy (non-hydrogen) atoms. The molecule has 238 valence electrons. The van der Waals surface area contributed by atoms with Gasteiger partial charge in [0, 0.05) is 19.0 Å². The Bertz CT molecular complexity index is 994. The topological polar surface area (TPSA) is 102 Å². The van der Waals surface area contributed by atoms with E-state index in [2.05, 4.69) is 84.4 Å². The minimum atomic E-state index is -0.827. The highest BCUT2D eigenvalue weighted by atomic mass is 16.6. The van der Waals surface area contributed by atoms with Gasteiger partial charge in [-0.1, -0.05) is 79.8 Å². The van der Waals surface area contributed by atoms with Crippen LogP contribution >= 0.6 is 0 Å². The van der Waals surface area contributed by atoms with Crippen molar-refractivity contribution in [1.82, 2.24) is 10.6 Å². The number of rotatable bonds is 23. The Labute approximate surface area is 260 Å². The molecule has 0 fully saturated rings. The summed E-state index contributed by atoms with van der Waals surface area (Å²) in [6.45, 7) is 7.90. The summed E-state index contributed by atoms with van der Waals surface area (Å²) >= 11 is 0. The van der Waals surface area contributed by atoms with Crippen molar-refractivity contribution in [2.75, 3.05) is 6.54 Å². The molecule has 0 aromatic heterocycles. The van der Waals surface area contributed by atoms with E-state index in [0.29, 0.717) is 44.9 Å². The Morgan fingerprint density at radius 3 is 1.74 bits per heavy atom. The number of carbonyl (C=O) groups is 4. The molecule has 0 aliphatic carbocycles. The van der Waals surface area contributed by atoms with Gasteiger partial charge in [0.25, 0.3) is 0 Å². The summed E-state index contributed by atoms with van der Waals surface area (Å²) in [6.07, 6.45) is 37.0. The van der Waals surface area contributed by atoms with Crippen LogP contribution in [-0.2, 0) is 23.9 Å². The number of hydrogen-bond donors (Lipinski definition) is 2. The minimum absolute atomic E-state index is 0.0180. The zero-order valence-electron chi connectivity index (χ0n) is 26.8. The number of carbonyl (C=O) groups excluding carboxylic acids is 4. The summed E-state index contributed by atoms with van der Waals surface area (Å²) < 4.78 is 5.39. The van der Waals surface area contributed by atoms with Crippen molar-refractivity contribution in [3.63, 3.8) is 0 Å². The van der Waals surface area contributed by atoms with E-state index in [-0.39, 0.29) is 5.91 Å². The quantitative estimate of drug-likeness (QED) is 0.0424. The Morgan fingerprint density at radius 1 is 0.744 bits per heavy atom. The molecule has 0 radical (unpaired) electrons. The van der Waals surface area contributed by atoms with Gasteiger partial charge in [-0.15, -0.1) is 0 Å². The Morgan fingerprint density at radius 2 is 1.26 bits per heavy atom. The molecule has 7 heteroatoms. The van der Waals surface area contributed by atoms with Gasteiger partial charge in [-0.05, 0) is 91.1 Å². The molecule has 0 rings (SSSR count). The van der Waals surface area contributed by atoms with Crippen molar-refractivity contribution < 1.29 is 23.9 Å². The first kappa shape index (κ1) is 39.3. The van der Waals surface area contributed by atoms with Crippen molar-refractivity contribution in [3.8, 4) is 0 Å². The summed E-state index contributed by atoms with van der Waals surface area (Å²) in [5.41, 5.74) is -0.685. The van der Waals surface area contributed by atoms with Crippen molar-refractivity contribution in [3.05, 3.63) is 85.1 Å². The number of esters is 1. The van der Waals surface area contributed by atoms with E-state index in [0.717, 1.165) is 50.7 Å². The van der Waals surface area contributed by atoms with E-state index in [1.807, 2.05) is 6.08 Å². The van der Waals surface area contributed by atoms with Crippen LogP contribution in [0.3, 0.4) is 0 Å². The highest BCUT2D eigenvalue weighted by Gasteiger charge is 2.25. The van der Waals surface area contributed by atoms with Crippen LogP contribution in [0.25, 0.3) is 0 Å². The van der Waals surface area contributed by atoms with Crippen LogP contribution in [0.5, 0.6) is 0 Å². The average molecular weight is 595 g/mol. The molecule has 0 heterocycles. The first-order valence-electron chi connectivity index (χ1n) is 15.5. The Kier molecular flexibility index (Phi) is 24.8. The molecular formula is C36H54N2O5. The molecular weight excluding hydrogens is 540 g/mol. The first-order valence-corrected chi connectivity index (χ1v) is 15.5. The highest BCUT2D eigenvalue weighted by molar-refractivity contribution is 5.93. The number of nitrogens with one attached hydrogen (secondary N) is 2. The first-order chi connectivity index (χ1) is 20.7. The minimum Gasteiger partial charge on any atom is -0.458 e. The van der Waals surface area contributed by atoms with E-state index in [1.165, 1.54) is 0 Å². The zero-order chi connectivity index (χ0) is 32.0. The fraction of sp³-hybridized carbons (Fsp3) is 0.500. The fourth-order valence-corrected chi connectivity index (χ4v) is 3.61. The number of amides is 2. The largest absolute Gasteiger partial charge is 0.458 e. The molecule has 0 aliphatic heterocycles. The maximum atomic E-state index is 12.5. The number of ether oxygens (including phenoxy) is 1. The second kappa shape index (κ2) is 27.1. The van der Waals surface area contributed by atoms with Gasteiger partial charge in [-0.3, -0.25) is 14.4 Å². The molecule has 2 amide bonds. The normalized spacial score (nSPS) is 13.4. The summed E-state index contributed by atoms with van der Waals surface area (Å²) in [5, 5.41) is 5.48. The van der Waals surface area contributed by atoms with Crippen molar-refractivity contribution in [2.24, 2.45) is 0 Å². The lowest BCUT2D eigenvalue weighted by molar-refractivity contribution is -0.158.